The topological polar surface area (TPSA) is 96.0 Å². The first-order valence-corrected chi connectivity index (χ1v) is 10.7. The number of aromatic nitrogens is 1. The van der Waals surface area contributed by atoms with Crippen LogP contribution in [0.2, 0.25) is 0 Å². The lowest BCUT2D eigenvalue weighted by atomic mass is 10.1. The molecule has 2 amide bonds. The van der Waals surface area contributed by atoms with Crippen molar-refractivity contribution in [3.05, 3.63) is 53.7 Å². The van der Waals surface area contributed by atoms with Crippen molar-refractivity contribution in [3.8, 4) is 11.5 Å². The summed E-state index contributed by atoms with van der Waals surface area (Å²) in [5.74, 6) is 0.718. The van der Waals surface area contributed by atoms with Crippen LogP contribution in [0.15, 0.2) is 47.5 Å². The summed E-state index contributed by atoms with van der Waals surface area (Å²) in [6, 6.07) is 13.0. The van der Waals surface area contributed by atoms with Gasteiger partial charge in [0.2, 0.25) is 0 Å². The number of benzene rings is 2. The fourth-order valence-electron chi connectivity index (χ4n) is 4.24. The number of rotatable bonds is 6. The number of fused-ring (bicyclic) bond motifs is 3. The molecule has 1 aromatic heterocycles. The van der Waals surface area contributed by atoms with E-state index in [2.05, 4.69) is 15.3 Å². The van der Waals surface area contributed by atoms with E-state index in [1.54, 1.807) is 12.1 Å². The molecule has 2 aliphatic heterocycles. The molecule has 0 bridgehead atoms. The monoisotopic (exact) mass is 432 g/mol. The Hall–Kier alpha value is -3.81. The van der Waals surface area contributed by atoms with E-state index < -0.39 is 0 Å². The van der Waals surface area contributed by atoms with Crippen LogP contribution in [0.5, 0.6) is 11.5 Å². The molecule has 3 heterocycles. The summed E-state index contributed by atoms with van der Waals surface area (Å²) in [6.45, 7) is 1.30. The van der Waals surface area contributed by atoms with Gasteiger partial charge in [-0.3, -0.25) is 14.6 Å². The first-order valence-electron chi connectivity index (χ1n) is 10.7. The van der Waals surface area contributed by atoms with Gasteiger partial charge in [0.1, 0.15) is 12.3 Å². The first kappa shape index (κ1) is 20.1. The van der Waals surface area contributed by atoms with Crippen LogP contribution < -0.4 is 14.8 Å². The number of para-hydroxylation sites is 1. The molecule has 3 aromatic rings. The van der Waals surface area contributed by atoms with Crippen molar-refractivity contribution in [2.45, 2.75) is 18.9 Å². The normalized spacial score (nSPS) is 17.1. The summed E-state index contributed by atoms with van der Waals surface area (Å²) in [7, 11) is 1.54. The molecule has 1 atom stereocenters. The van der Waals surface area contributed by atoms with Crippen molar-refractivity contribution >= 4 is 34.6 Å². The number of hydrogen-bond donors (Lipinski definition) is 2. The third kappa shape index (κ3) is 3.68. The summed E-state index contributed by atoms with van der Waals surface area (Å²) in [4.78, 5) is 34.9. The Kier molecular flexibility index (Phi) is 5.26. The average molecular weight is 432 g/mol. The largest absolute Gasteiger partial charge is 0.493 e. The van der Waals surface area contributed by atoms with Crippen molar-refractivity contribution in [2.24, 2.45) is 4.99 Å². The highest BCUT2D eigenvalue weighted by atomic mass is 16.5. The van der Waals surface area contributed by atoms with Crippen LogP contribution in [-0.2, 0) is 0 Å². The summed E-state index contributed by atoms with van der Waals surface area (Å²) >= 11 is 0. The molecule has 5 rings (SSSR count). The maximum absolute atomic E-state index is 12.9. The van der Waals surface area contributed by atoms with E-state index in [0.717, 1.165) is 30.3 Å². The van der Waals surface area contributed by atoms with Gasteiger partial charge in [-0.15, -0.1) is 0 Å². The summed E-state index contributed by atoms with van der Waals surface area (Å²) in [6.07, 6.45) is 3.76. The number of H-pyrrole nitrogens is 1. The van der Waals surface area contributed by atoms with Gasteiger partial charge in [-0.25, -0.2) is 0 Å². The lowest BCUT2D eigenvalue weighted by Crippen LogP contribution is -2.35. The number of ether oxygens (including phenoxy) is 2. The first-order chi connectivity index (χ1) is 15.6. The third-order valence-corrected chi connectivity index (χ3v) is 5.88. The van der Waals surface area contributed by atoms with Crippen molar-refractivity contribution in [3.63, 3.8) is 0 Å². The van der Waals surface area contributed by atoms with Gasteiger partial charge in [-0.1, -0.05) is 18.2 Å². The number of nitrogens with one attached hydrogen (secondary N) is 2. The molecular weight excluding hydrogens is 408 g/mol. The van der Waals surface area contributed by atoms with Gasteiger partial charge in [-0.2, -0.15) is 0 Å². The number of aromatic amines is 1. The van der Waals surface area contributed by atoms with E-state index in [1.165, 1.54) is 7.11 Å². The van der Waals surface area contributed by atoms with Gasteiger partial charge >= 0.3 is 0 Å². The molecule has 8 heteroatoms. The van der Waals surface area contributed by atoms with Gasteiger partial charge in [0.15, 0.2) is 11.5 Å². The number of nitrogens with zero attached hydrogens (tertiary/aromatic N) is 2. The number of hydrogen-bond acceptors (Lipinski definition) is 5. The zero-order valence-electron chi connectivity index (χ0n) is 17.8. The quantitative estimate of drug-likeness (QED) is 0.584. The number of carbonyl (C=O) groups is 2. The predicted molar refractivity (Wildman–Crippen MR) is 121 cm³/mol. The summed E-state index contributed by atoms with van der Waals surface area (Å²) in [5.41, 5.74) is 2.51. The van der Waals surface area contributed by atoms with Gasteiger partial charge in [0.25, 0.3) is 11.8 Å². The Balaban J connectivity index is 1.25. The highest BCUT2D eigenvalue weighted by Crippen LogP contribution is 2.38. The van der Waals surface area contributed by atoms with Crippen LogP contribution >= 0.6 is 0 Å². The van der Waals surface area contributed by atoms with Gasteiger partial charge in [0.05, 0.1) is 30.9 Å². The van der Waals surface area contributed by atoms with Gasteiger partial charge in [-0.05, 0) is 31.0 Å². The maximum Gasteiger partial charge on any atom is 0.267 e. The van der Waals surface area contributed by atoms with Crippen LogP contribution in [-0.4, -0.2) is 60.8 Å². The second-order valence-corrected chi connectivity index (χ2v) is 7.88. The van der Waals surface area contributed by atoms with E-state index >= 15 is 0 Å². The van der Waals surface area contributed by atoms with Crippen LogP contribution in [0.1, 0.15) is 33.7 Å². The molecular formula is C24H24N4O4. The van der Waals surface area contributed by atoms with E-state index in [1.807, 2.05) is 41.4 Å². The summed E-state index contributed by atoms with van der Waals surface area (Å²) < 4.78 is 11.3. The Morgan fingerprint density at radius 2 is 2.12 bits per heavy atom. The van der Waals surface area contributed by atoms with Crippen molar-refractivity contribution < 1.29 is 19.1 Å². The van der Waals surface area contributed by atoms with Crippen molar-refractivity contribution in [1.82, 2.24) is 15.2 Å². The standard InChI is InChI=1S/C24H24N4O4/c1-31-21-12-17-19(26-14-16-6-4-9-28(16)24(17)30)13-22(21)32-10-8-25-23(29)20-11-15-5-2-3-7-18(15)27-20/h2-3,5,7,11-14,16,27H,4,6,8-10H2,1H3,(H,25,29). The molecule has 0 aliphatic carbocycles. The lowest BCUT2D eigenvalue weighted by Gasteiger charge is -2.20. The van der Waals surface area contributed by atoms with Crippen molar-refractivity contribution in [2.75, 3.05) is 26.8 Å². The lowest BCUT2D eigenvalue weighted by molar-refractivity contribution is 0.0774. The predicted octanol–water partition coefficient (Wildman–Crippen LogP) is 3.31. The van der Waals surface area contributed by atoms with Crippen LogP contribution in [0, 0.1) is 0 Å². The number of amides is 2. The molecule has 32 heavy (non-hydrogen) atoms. The van der Waals surface area contributed by atoms with E-state index in [9.17, 15) is 9.59 Å². The van der Waals surface area contributed by atoms with Gasteiger partial charge < -0.3 is 24.7 Å². The van der Waals surface area contributed by atoms with E-state index in [4.69, 9.17) is 9.47 Å². The van der Waals surface area contributed by atoms with Crippen LogP contribution in [0.4, 0.5) is 5.69 Å². The van der Waals surface area contributed by atoms with Crippen molar-refractivity contribution in [1.29, 1.82) is 0 Å². The van der Waals surface area contributed by atoms with E-state index in [-0.39, 0.29) is 24.5 Å². The number of methoxy groups -OCH3 is 1. The fraction of sp³-hybridized carbons (Fsp3) is 0.292. The Bertz CT molecular complexity index is 1180. The fourth-order valence-corrected chi connectivity index (χ4v) is 4.24. The second-order valence-electron chi connectivity index (χ2n) is 7.88. The molecule has 0 radical (unpaired) electrons. The zero-order chi connectivity index (χ0) is 22.1. The Morgan fingerprint density at radius 3 is 2.97 bits per heavy atom. The smallest absolute Gasteiger partial charge is 0.267 e. The third-order valence-electron chi connectivity index (χ3n) is 5.88. The minimum atomic E-state index is -0.200. The highest BCUT2D eigenvalue weighted by molar-refractivity contribution is 6.03. The molecule has 8 nitrogen and oxygen atoms in total. The molecule has 164 valence electrons. The SMILES string of the molecule is COc1cc2c(cc1OCCNC(=O)c1cc3ccccc3[nH]1)N=CC1CCCN1C2=O. The number of aliphatic imine (C=N–C) groups is 1. The van der Waals surface area contributed by atoms with Gasteiger partial charge in [0, 0.05) is 29.7 Å². The maximum atomic E-state index is 12.9. The Labute approximate surface area is 185 Å². The van der Waals surface area contributed by atoms with Crippen LogP contribution in [0.25, 0.3) is 10.9 Å². The minimum absolute atomic E-state index is 0.0320. The average Bonchev–Trinajstić information content (AvgIpc) is 3.44. The summed E-state index contributed by atoms with van der Waals surface area (Å²) in [5, 5.41) is 3.83. The molecule has 0 saturated carbocycles. The molecule has 2 aromatic carbocycles. The zero-order valence-corrected chi connectivity index (χ0v) is 17.8. The van der Waals surface area contributed by atoms with Crippen LogP contribution in [0.3, 0.4) is 0 Å². The highest BCUT2D eigenvalue weighted by Gasteiger charge is 2.32. The Morgan fingerprint density at radius 1 is 1.25 bits per heavy atom. The molecule has 1 saturated heterocycles. The molecule has 1 fully saturated rings. The van der Waals surface area contributed by atoms with E-state index in [0.29, 0.717) is 35.0 Å². The number of carbonyl (C=O) groups excluding carboxylic acids is 2. The molecule has 2 aliphatic rings. The molecule has 0 spiro atoms. The second kappa shape index (κ2) is 8.37. The molecule has 2 N–H and O–H groups in total. The molecule has 1 unspecified atom stereocenters. The minimum Gasteiger partial charge on any atom is -0.493 e.